The fourth-order valence-corrected chi connectivity index (χ4v) is 3.25. The quantitative estimate of drug-likeness (QED) is 0.638. The summed E-state index contributed by atoms with van der Waals surface area (Å²) in [7, 11) is 0. The van der Waals surface area contributed by atoms with Crippen LogP contribution in [0.5, 0.6) is 0 Å². The van der Waals surface area contributed by atoms with Crippen LogP contribution >= 0.6 is 15.9 Å². The minimum atomic E-state index is 0.491. The first-order valence-electron chi connectivity index (χ1n) is 4.84. The summed E-state index contributed by atoms with van der Waals surface area (Å²) in [5, 5.41) is 3.65. The molecule has 3 unspecified atom stereocenters. The molecular formula is C11H12BrN. The first-order chi connectivity index (χ1) is 6.36. The lowest BCUT2D eigenvalue weighted by Gasteiger charge is -2.15. The molecule has 3 atom stereocenters. The first-order valence-corrected chi connectivity index (χ1v) is 5.76. The van der Waals surface area contributed by atoms with E-state index in [1.165, 1.54) is 18.4 Å². The van der Waals surface area contributed by atoms with Crippen LogP contribution in [0.4, 0.5) is 0 Å². The van der Waals surface area contributed by atoms with Crippen molar-refractivity contribution in [3.63, 3.8) is 0 Å². The van der Waals surface area contributed by atoms with E-state index >= 15 is 0 Å². The smallest absolute Gasteiger partial charge is 0.0514 e. The molecule has 1 aliphatic heterocycles. The van der Waals surface area contributed by atoms with Crippen LogP contribution in [-0.4, -0.2) is 16.9 Å². The fraction of sp³-hybridized carbons (Fsp3) is 0.455. The molecule has 0 radical (unpaired) electrons. The highest BCUT2D eigenvalue weighted by molar-refractivity contribution is 9.09. The zero-order valence-electron chi connectivity index (χ0n) is 7.33. The van der Waals surface area contributed by atoms with Crippen LogP contribution in [0.15, 0.2) is 35.5 Å². The molecule has 1 nitrogen and oxygen atoms in total. The van der Waals surface area contributed by atoms with Gasteiger partial charge in [0, 0.05) is 10.9 Å². The van der Waals surface area contributed by atoms with Crippen molar-refractivity contribution >= 4 is 15.9 Å². The predicted octanol–water partition coefficient (Wildman–Crippen LogP) is 2.31. The molecule has 2 aliphatic carbocycles. The third-order valence-corrected chi connectivity index (χ3v) is 4.17. The zero-order chi connectivity index (χ0) is 8.84. The Labute approximate surface area is 86.7 Å². The van der Waals surface area contributed by atoms with Crippen molar-refractivity contribution < 1.29 is 0 Å². The summed E-state index contributed by atoms with van der Waals surface area (Å²) in [6.45, 7) is 0. The van der Waals surface area contributed by atoms with Gasteiger partial charge in [-0.1, -0.05) is 40.2 Å². The molecule has 0 bridgehead atoms. The predicted molar refractivity (Wildman–Crippen MR) is 58.0 cm³/mol. The van der Waals surface area contributed by atoms with E-state index in [0.29, 0.717) is 16.9 Å². The maximum Gasteiger partial charge on any atom is 0.0514 e. The van der Waals surface area contributed by atoms with E-state index in [1.54, 1.807) is 5.57 Å². The molecule has 0 aromatic rings. The third-order valence-electron chi connectivity index (χ3n) is 3.18. The summed E-state index contributed by atoms with van der Waals surface area (Å²) in [5.41, 5.74) is 3.15. The molecule has 68 valence electrons. The Morgan fingerprint density at radius 1 is 1.38 bits per heavy atom. The SMILES string of the molecule is BrC1CCC2=C3C=CC=CC3NC21. The van der Waals surface area contributed by atoms with Crippen molar-refractivity contribution in [1.29, 1.82) is 0 Å². The maximum absolute atomic E-state index is 3.73. The van der Waals surface area contributed by atoms with Gasteiger partial charge in [0.2, 0.25) is 0 Å². The number of hydrogen-bond acceptors (Lipinski definition) is 1. The topological polar surface area (TPSA) is 12.0 Å². The van der Waals surface area contributed by atoms with E-state index in [0.717, 1.165) is 0 Å². The molecule has 3 rings (SSSR count). The number of halogens is 1. The summed E-state index contributed by atoms with van der Waals surface area (Å²) < 4.78 is 0. The fourth-order valence-electron chi connectivity index (χ4n) is 2.55. The molecular weight excluding hydrogens is 226 g/mol. The zero-order valence-corrected chi connectivity index (χ0v) is 8.92. The second-order valence-corrected chi connectivity index (χ2v) is 5.08. The van der Waals surface area contributed by atoms with Crippen molar-refractivity contribution in [3.8, 4) is 0 Å². The normalized spacial score (nSPS) is 41.2. The molecule has 1 N–H and O–H groups in total. The minimum absolute atomic E-state index is 0.491. The van der Waals surface area contributed by atoms with E-state index in [9.17, 15) is 0 Å². The van der Waals surface area contributed by atoms with Gasteiger partial charge in [-0.2, -0.15) is 0 Å². The Kier molecular flexibility index (Phi) is 1.74. The molecule has 3 aliphatic rings. The van der Waals surface area contributed by atoms with Gasteiger partial charge in [-0.3, -0.25) is 5.32 Å². The van der Waals surface area contributed by atoms with Gasteiger partial charge in [0.25, 0.3) is 0 Å². The highest BCUT2D eigenvalue weighted by Crippen LogP contribution is 2.39. The van der Waals surface area contributed by atoms with Crippen molar-refractivity contribution in [2.45, 2.75) is 29.8 Å². The standard InChI is InChI=1S/C11H12BrN/c12-9-6-5-8-7-3-1-2-4-10(7)13-11(8)9/h1-4,9-11,13H,5-6H2. The van der Waals surface area contributed by atoms with Gasteiger partial charge in [0.1, 0.15) is 0 Å². The molecule has 0 spiro atoms. The second kappa shape index (κ2) is 2.82. The summed E-state index contributed by atoms with van der Waals surface area (Å²) in [4.78, 5) is 0.641. The number of nitrogens with one attached hydrogen (secondary N) is 1. The molecule has 0 aromatic carbocycles. The average Bonchev–Trinajstić information content (AvgIpc) is 2.67. The van der Waals surface area contributed by atoms with Crippen LogP contribution in [0, 0.1) is 0 Å². The summed E-state index contributed by atoms with van der Waals surface area (Å²) in [6.07, 6.45) is 11.3. The Bertz CT molecular complexity index is 327. The second-order valence-electron chi connectivity index (χ2n) is 3.90. The lowest BCUT2D eigenvalue weighted by molar-refractivity contribution is 0.612. The van der Waals surface area contributed by atoms with E-state index < -0.39 is 0 Å². The van der Waals surface area contributed by atoms with Gasteiger partial charge < -0.3 is 0 Å². The lowest BCUT2D eigenvalue weighted by atomic mass is 10.00. The van der Waals surface area contributed by atoms with E-state index in [2.05, 4.69) is 45.6 Å². The Hall–Kier alpha value is -0.340. The molecule has 2 heteroatoms. The minimum Gasteiger partial charge on any atom is -0.299 e. The molecule has 1 saturated carbocycles. The summed E-state index contributed by atoms with van der Waals surface area (Å²) >= 11 is 3.73. The average molecular weight is 238 g/mol. The van der Waals surface area contributed by atoms with E-state index in [1.807, 2.05) is 0 Å². The number of rotatable bonds is 0. The van der Waals surface area contributed by atoms with Crippen LogP contribution in [0.3, 0.4) is 0 Å². The molecule has 0 aromatic heterocycles. The Balaban J connectivity index is 2.04. The Morgan fingerprint density at radius 2 is 2.31 bits per heavy atom. The summed E-state index contributed by atoms with van der Waals surface area (Å²) in [5.74, 6) is 0. The number of alkyl halides is 1. The van der Waals surface area contributed by atoms with Crippen molar-refractivity contribution in [2.75, 3.05) is 0 Å². The largest absolute Gasteiger partial charge is 0.299 e. The van der Waals surface area contributed by atoms with Crippen LogP contribution in [0.25, 0.3) is 0 Å². The number of fused-ring (bicyclic) bond motifs is 2. The Morgan fingerprint density at radius 3 is 3.23 bits per heavy atom. The maximum atomic E-state index is 3.73. The summed E-state index contributed by atoms with van der Waals surface area (Å²) in [6, 6.07) is 1.08. The number of allylic oxidation sites excluding steroid dienone is 2. The highest BCUT2D eigenvalue weighted by atomic mass is 79.9. The molecule has 1 heterocycles. The van der Waals surface area contributed by atoms with E-state index in [-0.39, 0.29) is 0 Å². The van der Waals surface area contributed by atoms with Gasteiger partial charge >= 0.3 is 0 Å². The third kappa shape index (κ3) is 1.09. The number of hydrogen-bond donors (Lipinski definition) is 1. The van der Waals surface area contributed by atoms with Gasteiger partial charge in [0.15, 0.2) is 0 Å². The molecule has 13 heavy (non-hydrogen) atoms. The van der Waals surface area contributed by atoms with Gasteiger partial charge in [-0.05, 0) is 24.0 Å². The first kappa shape index (κ1) is 8.01. The monoisotopic (exact) mass is 237 g/mol. The van der Waals surface area contributed by atoms with Gasteiger partial charge in [0.05, 0.1) is 6.04 Å². The molecule has 1 fully saturated rings. The van der Waals surface area contributed by atoms with Crippen molar-refractivity contribution in [2.24, 2.45) is 0 Å². The lowest BCUT2D eigenvalue weighted by Crippen LogP contribution is -2.35. The van der Waals surface area contributed by atoms with Crippen LogP contribution < -0.4 is 5.32 Å². The van der Waals surface area contributed by atoms with Crippen LogP contribution in [-0.2, 0) is 0 Å². The highest BCUT2D eigenvalue weighted by Gasteiger charge is 2.38. The van der Waals surface area contributed by atoms with Crippen molar-refractivity contribution in [1.82, 2.24) is 5.32 Å². The van der Waals surface area contributed by atoms with Gasteiger partial charge in [-0.15, -0.1) is 0 Å². The molecule has 0 saturated heterocycles. The van der Waals surface area contributed by atoms with E-state index in [4.69, 9.17) is 0 Å². The van der Waals surface area contributed by atoms with Crippen molar-refractivity contribution in [3.05, 3.63) is 35.5 Å². The molecule has 0 amide bonds. The van der Waals surface area contributed by atoms with Crippen LogP contribution in [0.1, 0.15) is 12.8 Å². The van der Waals surface area contributed by atoms with Gasteiger partial charge in [-0.25, -0.2) is 0 Å². The van der Waals surface area contributed by atoms with Crippen LogP contribution in [0.2, 0.25) is 0 Å².